The van der Waals surface area contributed by atoms with E-state index in [1.165, 1.54) is 0 Å². The van der Waals surface area contributed by atoms with E-state index in [2.05, 4.69) is 6.58 Å². The average Bonchev–Trinajstić information content (AvgIpc) is 2.70. The Morgan fingerprint density at radius 3 is 2.60 bits per heavy atom. The number of benzene rings is 2. The van der Waals surface area contributed by atoms with Crippen molar-refractivity contribution < 1.29 is 9.53 Å². The van der Waals surface area contributed by atoms with E-state index in [1.807, 2.05) is 43.3 Å². The number of ether oxygens (including phenoxy) is 1. The molecular weight excluding hydrogens is 250 g/mol. The third-order valence-electron chi connectivity index (χ3n) is 3.50. The van der Waals surface area contributed by atoms with Crippen LogP contribution in [0.2, 0.25) is 0 Å². The summed E-state index contributed by atoms with van der Waals surface area (Å²) in [4.78, 5) is 14.2. The molecule has 0 N–H and O–H groups in total. The maximum atomic E-state index is 12.6. The molecule has 3 rings (SSSR count). The summed E-state index contributed by atoms with van der Waals surface area (Å²) in [5, 5.41) is 0. The number of hydrogen-bond acceptors (Lipinski definition) is 2. The highest BCUT2D eigenvalue weighted by atomic mass is 16.5. The van der Waals surface area contributed by atoms with E-state index in [0.717, 1.165) is 16.8 Å². The molecule has 0 saturated heterocycles. The lowest BCUT2D eigenvalue weighted by Crippen LogP contribution is -2.21. The van der Waals surface area contributed by atoms with Gasteiger partial charge in [-0.25, -0.2) is 0 Å². The van der Waals surface area contributed by atoms with Gasteiger partial charge in [-0.15, -0.1) is 0 Å². The molecule has 0 spiro atoms. The quantitative estimate of drug-likeness (QED) is 0.829. The Hall–Kier alpha value is -2.55. The average molecular weight is 265 g/mol. The lowest BCUT2D eigenvalue weighted by Gasteiger charge is -2.17. The van der Waals surface area contributed by atoms with Crippen LogP contribution in [0, 0.1) is 6.92 Å². The lowest BCUT2D eigenvalue weighted by atomic mass is 10.1. The number of aryl methyl sites for hydroxylation is 1. The number of carbonyl (C=O) groups excluding carboxylic acids is 1. The largest absolute Gasteiger partial charge is 0.497 e. The maximum absolute atomic E-state index is 12.6. The molecule has 0 aromatic heterocycles. The molecule has 1 heterocycles. The third kappa shape index (κ3) is 1.79. The van der Waals surface area contributed by atoms with Gasteiger partial charge in [0.05, 0.1) is 18.4 Å². The minimum Gasteiger partial charge on any atom is -0.497 e. The molecule has 2 aromatic rings. The molecule has 3 heteroatoms. The van der Waals surface area contributed by atoms with Crippen LogP contribution in [-0.4, -0.2) is 13.0 Å². The Balaban J connectivity index is 2.09. The van der Waals surface area contributed by atoms with Crippen LogP contribution in [-0.2, 0) is 0 Å². The van der Waals surface area contributed by atoms with Crippen molar-refractivity contribution in [3.05, 3.63) is 65.7 Å². The predicted octanol–water partition coefficient (Wildman–Crippen LogP) is 3.63. The van der Waals surface area contributed by atoms with Gasteiger partial charge in [0.2, 0.25) is 0 Å². The Bertz CT molecular complexity index is 719. The number of amides is 1. The van der Waals surface area contributed by atoms with Gasteiger partial charge in [-0.3, -0.25) is 9.69 Å². The molecule has 0 unspecified atom stereocenters. The molecule has 1 aliphatic heterocycles. The second-order valence-corrected chi connectivity index (χ2v) is 4.84. The number of rotatable bonds is 2. The van der Waals surface area contributed by atoms with Crippen LogP contribution in [0.25, 0.3) is 5.70 Å². The second-order valence-electron chi connectivity index (χ2n) is 4.84. The molecule has 100 valence electrons. The van der Waals surface area contributed by atoms with E-state index < -0.39 is 0 Å². The normalized spacial score (nSPS) is 13.6. The predicted molar refractivity (Wildman–Crippen MR) is 80.0 cm³/mol. The summed E-state index contributed by atoms with van der Waals surface area (Å²) >= 11 is 0. The monoisotopic (exact) mass is 265 g/mol. The summed E-state index contributed by atoms with van der Waals surface area (Å²) in [6.45, 7) is 6.06. The van der Waals surface area contributed by atoms with Gasteiger partial charge in [0, 0.05) is 11.3 Å². The van der Waals surface area contributed by atoms with Gasteiger partial charge < -0.3 is 4.74 Å². The van der Waals surface area contributed by atoms with Gasteiger partial charge in [0.25, 0.3) is 5.91 Å². The van der Waals surface area contributed by atoms with Crippen LogP contribution in [0.15, 0.2) is 49.0 Å². The summed E-state index contributed by atoms with van der Waals surface area (Å²) in [5.74, 6) is 0.616. The standard InChI is InChI=1S/C17H15NO2/c1-11-5-4-6-13(9-11)18-12(2)15-8-7-14(20-3)10-16(15)17(18)19/h4-10H,2H2,1,3H3. The highest BCUT2D eigenvalue weighted by molar-refractivity contribution is 6.22. The zero-order chi connectivity index (χ0) is 14.3. The summed E-state index contributed by atoms with van der Waals surface area (Å²) < 4.78 is 5.18. The van der Waals surface area contributed by atoms with E-state index in [-0.39, 0.29) is 5.91 Å². The molecule has 0 saturated carbocycles. The van der Waals surface area contributed by atoms with E-state index in [4.69, 9.17) is 4.74 Å². The molecule has 2 aromatic carbocycles. The fraction of sp³-hybridized carbons (Fsp3) is 0.118. The SMILES string of the molecule is C=C1c2ccc(OC)cc2C(=O)N1c1cccc(C)c1. The second kappa shape index (κ2) is 4.53. The minimum absolute atomic E-state index is 0.0606. The van der Waals surface area contributed by atoms with E-state index in [9.17, 15) is 4.79 Å². The molecule has 1 aliphatic rings. The summed E-state index contributed by atoms with van der Waals surface area (Å²) in [6, 6.07) is 13.3. The van der Waals surface area contributed by atoms with Gasteiger partial charge in [-0.1, -0.05) is 18.7 Å². The molecule has 1 amide bonds. The van der Waals surface area contributed by atoms with Gasteiger partial charge in [0.1, 0.15) is 5.75 Å². The van der Waals surface area contributed by atoms with Crippen LogP contribution in [0.1, 0.15) is 21.5 Å². The number of carbonyl (C=O) groups is 1. The number of hydrogen-bond donors (Lipinski definition) is 0. The molecule has 0 bridgehead atoms. The van der Waals surface area contributed by atoms with E-state index >= 15 is 0 Å². The first-order valence-corrected chi connectivity index (χ1v) is 6.40. The van der Waals surface area contributed by atoms with Crippen LogP contribution >= 0.6 is 0 Å². The highest BCUT2D eigenvalue weighted by Gasteiger charge is 2.32. The summed E-state index contributed by atoms with van der Waals surface area (Å²) in [7, 11) is 1.59. The topological polar surface area (TPSA) is 29.5 Å². The van der Waals surface area contributed by atoms with Crippen molar-refractivity contribution in [3.8, 4) is 5.75 Å². The van der Waals surface area contributed by atoms with Crippen LogP contribution in [0.5, 0.6) is 5.75 Å². The summed E-state index contributed by atoms with van der Waals surface area (Å²) in [5.41, 5.74) is 4.15. The minimum atomic E-state index is -0.0606. The lowest BCUT2D eigenvalue weighted by molar-refractivity contribution is 0.101. The van der Waals surface area contributed by atoms with Gasteiger partial charge in [-0.2, -0.15) is 0 Å². The smallest absolute Gasteiger partial charge is 0.263 e. The molecule has 0 radical (unpaired) electrons. The fourth-order valence-corrected chi connectivity index (χ4v) is 2.48. The molecule has 3 nitrogen and oxygen atoms in total. The van der Waals surface area contributed by atoms with Crippen molar-refractivity contribution in [2.24, 2.45) is 0 Å². The molecule has 0 aliphatic carbocycles. The Morgan fingerprint density at radius 1 is 1.10 bits per heavy atom. The van der Waals surface area contributed by atoms with Crippen molar-refractivity contribution in [2.45, 2.75) is 6.92 Å². The molecule has 0 fully saturated rings. The van der Waals surface area contributed by atoms with Crippen LogP contribution in [0.4, 0.5) is 5.69 Å². The third-order valence-corrected chi connectivity index (χ3v) is 3.50. The van der Waals surface area contributed by atoms with Crippen LogP contribution in [0.3, 0.4) is 0 Å². The van der Waals surface area contributed by atoms with E-state index in [1.54, 1.807) is 18.1 Å². The Kier molecular flexibility index (Phi) is 2.83. The fourth-order valence-electron chi connectivity index (χ4n) is 2.48. The number of nitrogens with zero attached hydrogens (tertiary/aromatic N) is 1. The summed E-state index contributed by atoms with van der Waals surface area (Å²) in [6.07, 6.45) is 0. The van der Waals surface area contributed by atoms with Crippen molar-refractivity contribution >= 4 is 17.3 Å². The maximum Gasteiger partial charge on any atom is 0.263 e. The highest BCUT2D eigenvalue weighted by Crippen LogP contribution is 2.37. The first-order valence-electron chi connectivity index (χ1n) is 6.40. The number of methoxy groups -OCH3 is 1. The zero-order valence-corrected chi connectivity index (χ0v) is 11.5. The Labute approximate surface area is 118 Å². The molecular formula is C17H15NO2. The zero-order valence-electron chi connectivity index (χ0n) is 11.5. The molecule has 0 atom stereocenters. The van der Waals surface area contributed by atoms with Gasteiger partial charge in [-0.05, 0) is 42.8 Å². The van der Waals surface area contributed by atoms with Crippen LogP contribution < -0.4 is 9.64 Å². The van der Waals surface area contributed by atoms with Gasteiger partial charge in [0.15, 0.2) is 0 Å². The first-order chi connectivity index (χ1) is 9.61. The number of anilines is 1. The van der Waals surface area contributed by atoms with Crippen molar-refractivity contribution in [3.63, 3.8) is 0 Å². The van der Waals surface area contributed by atoms with Crippen molar-refractivity contribution in [2.75, 3.05) is 12.0 Å². The van der Waals surface area contributed by atoms with E-state index in [0.29, 0.717) is 17.0 Å². The van der Waals surface area contributed by atoms with Crippen molar-refractivity contribution in [1.29, 1.82) is 0 Å². The Morgan fingerprint density at radius 2 is 1.90 bits per heavy atom. The molecule has 20 heavy (non-hydrogen) atoms. The van der Waals surface area contributed by atoms with Gasteiger partial charge >= 0.3 is 0 Å². The van der Waals surface area contributed by atoms with Crippen molar-refractivity contribution in [1.82, 2.24) is 0 Å². The first kappa shape index (κ1) is 12.5. The number of fused-ring (bicyclic) bond motifs is 1.